The van der Waals surface area contributed by atoms with E-state index in [9.17, 15) is 13.2 Å². The molecule has 1 aliphatic heterocycles. The summed E-state index contributed by atoms with van der Waals surface area (Å²) < 4.78 is 43.9. The van der Waals surface area contributed by atoms with Gasteiger partial charge in [0.2, 0.25) is 11.9 Å². The van der Waals surface area contributed by atoms with Crippen LogP contribution in [0.2, 0.25) is 0 Å². The standard InChI is InChI=1S/C21H26F3N7O/c1-20(2,3)30-18-26-12-16-17(29-18)31(14-7-9-25-10-8-14)19(28-16)27-13-5-4-6-15(11-13)32-21(22,23)24/h4-6,11-12,14,25H,7-10H2,1-3H3,(H,27,28)(H,26,29,30). The van der Waals surface area contributed by atoms with Crippen molar-refractivity contribution in [2.24, 2.45) is 0 Å². The maximum absolute atomic E-state index is 12.6. The molecule has 0 aliphatic carbocycles. The van der Waals surface area contributed by atoms with E-state index in [1.165, 1.54) is 18.2 Å². The SMILES string of the molecule is CC(C)(C)Nc1ncc2nc(Nc3cccc(OC(F)(F)F)c3)n(C3CCNCC3)c2n1. The highest BCUT2D eigenvalue weighted by molar-refractivity contribution is 5.76. The molecule has 0 saturated carbocycles. The first-order valence-electron chi connectivity index (χ1n) is 10.4. The van der Waals surface area contributed by atoms with Crippen molar-refractivity contribution in [3.8, 4) is 5.75 Å². The highest BCUT2D eigenvalue weighted by Crippen LogP contribution is 2.32. The first-order chi connectivity index (χ1) is 15.1. The van der Waals surface area contributed by atoms with Gasteiger partial charge in [0.25, 0.3) is 0 Å². The van der Waals surface area contributed by atoms with Gasteiger partial charge in [0.15, 0.2) is 5.65 Å². The molecule has 0 spiro atoms. The van der Waals surface area contributed by atoms with Gasteiger partial charge in [-0.2, -0.15) is 4.98 Å². The smallest absolute Gasteiger partial charge is 0.406 e. The Bertz CT molecular complexity index is 1090. The lowest BCUT2D eigenvalue weighted by atomic mass is 10.1. The topological polar surface area (TPSA) is 88.9 Å². The fourth-order valence-electron chi connectivity index (χ4n) is 3.69. The van der Waals surface area contributed by atoms with E-state index >= 15 is 0 Å². The molecule has 11 heteroatoms. The van der Waals surface area contributed by atoms with Gasteiger partial charge in [-0.25, -0.2) is 9.97 Å². The van der Waals surface area contributed by atoms with Crippen LogP contribution in [-0.4, -0.2) is 44.5 Å². The second-order valence-corrected chi connectivity index (χ2v) is 8.76. The van der Waals surface area contributed by atoms with Gasteiger partial charge < -0.3 is 20.7 Å². The number of ether oxygens (including phenoxy) is 1. The molecule has 3 aromatic rings. The van der Waals surface area contributed by atoms with Gasteiger partial charge in [0.1, 0.15) is 11.3 Å². The molecule has 0 unspecified atom stereocenters. The minimum absolute atomic E-state index is 0.135. The summed E-state index contributed by atoms with van der Waals surface area (Å²) >= 11 is 0. The Hall–Kier alpha value is -3.08. The number of nitrogens with one attached hydrogen (secondary N) is 3. The first kappa shape index (κ1) is 22.1. The molecule has 1 saturated heterocycles. The third-order valence-corrected chi connectivity index (χ3v) is 4.92. The van der Waals surface area contributed by atoms with Crippen molar-refractivity contribution in [1.82, 2.24) is 24.8 Å². The first-order valence-corrected chi connectivity index (χ1v) is 10.4. The number of alkyl halides is 3. The van der Waals surface area contributed by atoms with Crippen molar-refractivity contribution in [3.63, 3.8) is 0 Å². The largest absolute Gasteiger partial charge is 0.573 e. The fraction of sp³-hybridized carbons (Fsp3) is 0.476. The van der Waals surface area contributed by atoms with E-state index in [1.807, 2.05) is 25.3 Å². The summed E-state index contributed by atoms with van der Waals surface area (Å²) in [6.07, 6.45) is -1.35. The van der Waals surface area contributed by atoms with Gasteiger partial charge >= 0.3 is 6.36 Å². The van der Waals surface area contributed by atoms with E-state index < -0.39 is 6.36 Å². The molecule has 3 N–H and O–H groups in total. The second-order valence-electron chi connectivity index (χ2n) is 8.76. The summed E-state index contributed by atoms with van der Waals surface area (Å²) in [6.45, 7) is 7.78. The highest BCUT2D eigenvalue weighted by atomic mass is 19.4. The Kier molecular flexibility index (Phi) is 5.85. The summed E-state index contributed by atoms with van der Waals surface area (Å²) in [7, 11) is 0. The van der Waals surface area contributed by atoms with E-state index in [-0.39, 0.29) is 17.3 Å². The number of fused-ring (bicyclic) bond motifs is 1. The van der Waals surface area contributed by atoms with Gasteiger partial charge in [-0.05, 0) is 58.8 Å². The molecular weight excluding hydrogens is 423 g/mol. The van der Waals surface area contributed by atoms with Crippen LogP contribution in [0.5, 0.6) is 5.75 Å². The van der Waals surface area contributed by atoms with Crippen LogP contribution in [0.3, 0.4) is 0 Å². The van der Waals surface area contributed by atoms with Crippen molar-refractivity contribution in [2.75, 3.05) is 23.7 Å². The summed E-state index contributed by atoms with van der Waals surface area (Å²) in [6, 6.07) is 5.83. The van der Waals surface area contributed by atoms with Crippen molar-refractivity contribution in [3.05, 3.63) is 30.5 Å². The Morgan fingerprint density at radius 3 is 2.56 bits per heavy atom. The van der Waals surface area contributed by atoms with E-state index in [4.69, 9.17) is 4.98 Å². The van der Waals surface area contributed by atoms with Crippen molar-refractivity contribution >= 4 is 28.7 Å². The van der Waals surface area contributed by atoms with Crippen LogP contribution in [0.15, 0.2) is 30.5 Å². The number of nitrogens with zero attached hydrogens (tertiary/aromatic N) is 4. The number of aromatic nitrogens is 4. The second kappa shape index (κ2) is 8.45. The zero-order valence-electron chi connectivity index (χ0n) is 18.1. The van der Waals surface area contributed by atoms with Crippen LogP contribution < -0.4 is 20.7 Å². The summed E-state index contributed by atoms with van der Waals surface area (Å²) in [5, 5.41) is 9.76. The normalized spacial score (nSPS) is 15.7. The van der Waals surface area contributed by atoms with Crippen molar-refractivity contribution in [1.29, 1.82) is 0 Å². The average Bonchev–Trinajstić information content (AvgIpc) is 3.03. The summed E-state index contributed by atoms with van der Waals surface area (Å²) in [5.41, 5.74) is 1.49. The molecule has 1 aromatic carbocycles. The molecule has 0 radical (unpaired) electrons. The number of hydrogen-bond acceptors (Lipinski definition) is 7. The molecular formula is C21H26F3N7O. The van der Waals surface area contributed by atoms with Gasteiger partial charge in [-0.3, -0.25) is 4.57 Å². The lowest BCUT2D eigenvalue weighted by Gasteiger charge is -2.26. The predicted molar refractivity (Wildman–Crippen MR) is 116 cm³/mol. The summed E-state index contributed by atoms with van der Waals surface area (Å²) in [4.78, 5) is 13.7. The van der Waals surface area contributed by atoms with Gasteiger partial charge in [-0.1, -0.05) is 6.07 Å². The Labute approximate surface area is 183 Å². The molecule has 2 aromatic heterocycles. The number of halogens is 3. The van der Waals surface area contributed by atoms with E-state index in [2.05, 4.69) is 30.7 Å². The number of benzene rings is 1. The molecule has 1 fully saturated rings. The molecule has 0 bridgehead atoms. The molecule has 32 heavy (non-hydrogen) atoms. The molecule has 1 aliphatic rings. The Balaban J connectivity index is 1.72. The monoisotopic (exact) mass is 449 g/mol. The maximum Gasteiger partial charge on any atom is 0.573 e. The van der Waals surface area contributed by atoms with E-state index in [0.717, 1.165) is 25.9 Å². The number of imidazole rings is 1. The Morgan fingerprint density at radius 2 is 1.88 bits per heavy atom. The van der Waals surface area contributed by atoms with Crippen LogP contribution in [0.1, 0.15) is 39.7 Å². The van der Waals surface area contributed by atoms with Crippen LogP contribution in [0.4, 0.5) is 30.8 Å². The minimum atomic E-state index is -4.76. The lowest BCUT2D eigenvalue weighted by Crippen LogP contribution is -2.30. The van der Waals surface area contributed by atoms with Crippen LogP contribution in [-0.2, 0) is 0 Å². The zero-order valence-corrected chi connectivity index (χ0v) is 18.1. The van der Waals surface area contributed by atoms with Crippen LogP contribution in [0.25, 0.3) is 11.2 Å². The maximum atomic E-state index is 12.6. The number of piperidine rings is 1. The molecule has 4 rings (SSSR count). The molecule has 3 heterocycles. The zero-order chi connectivity index (χ0) is 22.9. The van der Waals surface area contributed by atoms with E-state index in [1.54, 1.807) is 12.3 Å². The Morgan fingerprint density at radius 1 is 1.12 bits per heavy atom. The third kappa shape index (κ3) is 5.39. The van der Waals surface area contributed by atoms with Crippen LogP contribution in [0, 0.1) is 0 Å². The van der Waals surface area contributed by atoms with Gasteiger partial charge in [-0.15, -0.1) is 13.2 Å². The van der Waals surface area contributed by atoms with Crippen LogP contribution >= 0.6 is 0 Å². The lowest BCUT2D eigenvalue weighted by molar-refractivity contribution is -0.274. The average molecular weight is 449 g/mol. The van der Waals surface area contributed by atoms with Crippen molar-refractivity contribution in [2.45, 2.75) is 51.6 Å². The fourth-order valence-corrected chi connectivity index (χ4v) is 3.69. The number of rotatable bonds is 5. The van der Waals surface area contributed by atoms with Gasteiger partial charge in [0.05, 0.1) is 6.20 Å². The van der Waals surface area contributed by atoms with Gasteiger partial charge in [0, 0.05) is 23.3 Å². The van der Waals surface area contributed by atoms with Crippen molar-refractivity contribution < 1.29 is 17.9 Å². The molecule has 0 atom stereocenters. The molecule has 0 amide bonds. The quantitative estimate of drug-likeness (QED) is 0.524. The summed E-state index contributed by atoms with van der Waals surface area (Å²) in [5.74, 6) is 0.689. The number of anilines is 3. The van der Waals surface area contributed by atoms with E-state index in [0.29, 0.717) is 28.7 Å². The predicted octanol–water partition coefficient (Wildman–Crippen LogP) is 4.60. The minimum Gasteiger partial charge on any atom is -0.406 e. The number of hydrogen-bond donors (Lipinski definition) is 3. The molecule has 8 nitrogen and oxygen atoms in total. The highest BCUT2D eigenvalue weighted by Gasteiger charge is 2.31. The molecule has 172 valence electrons. The third-order valence-electron chi connectivity index (χ3n) is 4.92.